The lowest BCUT2D eigenvalue weighted by Gasteiger charge is -2.10. The van der Waals surface area contributed by atoms with Crippen LogP contribution >= 0.6 is 15.9 Å². The summed E-state index contributed by atoms with van der Waals surface area (Å²) in [7, 11) is 0. The molecule has 2 aromatic carbocycles. The van der Waals surface area contributed by atoms with Crippen molar-refractivity contribution in [3.8, 4) is 6.07 Å². The minimum absolute atomic E-state index is 0.304. The number of halogens is 2. The van der Waals surface area contributed by atoms with E-state index in [0.29, 0.717) is 21.4 Å². The summed E-state index contributed by atoms with van der Waals surface area (Å²) >= 11 is 3.10. The SMILES string of the molecule is N#Cc1cccc(Nc2cc(Br)c(F)cc2N)c1. The van der Waals surface area contributed by atoms with E-state index in [-0.39, 0.29) is 0 Å². The average molecular weight is 306 g/mol. The van der Waals surface area contributed by atoms with Crippen molar-refractivity contribution in [1.29, 1.82) is 5.26 Å². The minimum atomic E-state index is -0.413. The van der Waals surface area contributed by atoms with E-state index in [2.05, 4.69) is 21.2 Å². The van der Waals surface area contributed by atoms with E-state index in [9.17, 15) is 4.39 Å². The number of nitrogen functional groups attached to an aromatic ring is 1. The van der Waals surface area contributed by atoms with Gasteiger partial charge in [-0.1, -0.05) is 6.07 Å². The molecule has 0 aromatic heterocycles. The van der Waals surface area contributed by atoms with Crippen molar-refractivity contribution in [2.45, 2.75) is 0 Å². The van der Waals surface area contributed by atoms with Gasteiger partial charge in [-0.05, 0) is 40.2 Å². The molecule has 2 aromatic rings. The van der Waals surface area contributed by atoms with E-state index in [4.69, 9.17) is 11.0 Å². The van der Waals surface area contributed by atoms with Gasteiger partial charge in [0.15, 0.2) is 0 Å². The Morgan fingerprint density at radius 2 is 2.06 bits per heavy atom. The molecule has 3 nitrogen and oxygen atoms in total. The number of nitrogens with two attached hydrogens (primary N) is 1. The van der Waals surface area contributed by atoms with Crippen LogP contribution < -0.4 is 11.1 Å². The van der Waals surface area contributed by atoms with Crippen molar-refractivity contribution < 1.29 is 4.39 Å². The van der Waals surface area contributed by atoms with Gasteiger partial charge in [0.25, 0.3) is 0 Å². The summed E-state index contributed by atoms with van der Waals surface area (Å²) in [4.78, 5) is 0. The van der Waals surface area contributed by atoms with Crippen LogP contribution in [0.15, 0.2) is 40.9 Å². The van der Waals surface area contributed by atoms with Gasteiger partial charge in [-0.15, -0.1) is 0 Å². The van der Waals surface area contributed by atoms with Crippen LogP contribution in [0.2, 0.25) is 0 Å². The Hall–Kier alpha value is -2.06. The van der Waals surface area contributed by atoms with E-state index in [1.54, 1.807) is 30.3 Å². The molecule has 0 atom stereocenters. The monoisotopic (exact) mass is 305 g/mol. The molecule has 0 aliphatic heterocycles. The molecule has 0 aliphatic carbocycles. The van der Waals surface area contributed by atoms with Crippen molar-refractivity contribution >= 4 is 33.0 Å². The number of rotatable bonds is 2. The zero-order valence-electron chi connectivity index (χ0n) is 9.24. The number of hydrogen-bond acceptors (Lipinski definition) is 3. The molecule has 5 heteroatoms. The van der Waals surface area contributed by atoms with Crippen LogP contribution in [-0.4, -0.2) is 0 Å². The van der Waals surface area contributed by atoms with Gasteiger partial charge >= 0.3 is 0 Å². The van der Waals surface area contributed by atoms with Crippen LogP contribution in [0.1, 0.15) is 5.56 Å². The fourth-order valence-corrected chi connectivity index (χ4v) is 1.84. The van der Waals surface area contributed by atoms with Gasteiger partial charge in [-0.3, -0.25) is 0 Å². The van der Waals surface area contributed by atoms with Crippen molar-refractivity contribution in [3.05, 3.63) is 52.3 Å². The zero-order chi connectivity index (χ0) is 13.1. The second kappa shape index (κ2) is 5.07. The second-order valence-electron chi connectivity index (χ2n) is 3.67. The molecule has 0 saturated heterocycles. The van der Waals surface area contributed by atoms with Gasteiger partial charge in [0.1, 0.15) is 5.82 Å². The maximum atomic E-state index is 13.2. The van der Waals surface area contributed by atoms with Gasteiger partial charge in [-0.2, -0.15) is 5.26 Å². The number of anilines is 3. The standard InChI is InChI=1S/C13H9BrFN3/c14-10-5-13(12(17)6-11(10)15)18-9-3-1-2-8(4-9)7-16/h1-6,18H,17H2. The van der Waals surface area contributed by atoms with Crippen LogP contribution in [0.3, 0.4) is 0 Å². The molecule has 0 amide bonds. The molecule has 2 rings (SSSR count). The Kier molecular flexibility index (Phi) is 3.49. The van der Waals surface area contributed by atoms with Gasteiger partial charge in [0.2, 0.25) is 0 Å². The normalized spacial score (nSPS) is 9.83. The maximum absolute atomic E-state index is 13.2. The van der Waals surface area contributed by atoms with Crippen molar-refractivity contribution in [1.82, 2.24) is 0 Å². The Morgan fingerprint density at radius 1 is 1.28 bits per heavy atom. The maximum Gasteiger partial charge on any atom is 0.139 e. The lowest BCUT2D eigenvalue weighted by molar-refractivity contribution is 0.622. The Bertz CT molecular complexity index is 635. The topological polar surface area (TPSA) is 61.8 Å². The summed E-state index contributed by atoms with van der Waals surface area (Å²) in [6, 6.07) is 11.8. The molecule has 0 saturated carbocycles. The van der Waals surface area contributed by atoms with Crippen molar-refractivity contribution in [3.63, 3.8) is 0 Å². The third kappa shape index (κ3) is 2.60. The molecule has 3 N–H and O–H groups in total. The number of nitriles is 1. The lowest BCUT2D eigenvalue weighted by Crippen LogP contribution is -1.98. The Labute approximate surface area is 112 Å². The highest BCUT2D eigenvalue weighted by atomic mass is 79.9. The lowest BCUT2D eigenvalue weighted by atomic mass is 10.2. The molecule has 0 bridgehead atoms. The molecule has 0 radical (unpaired) electrons. The Morgan fingerprint density at radius 3 is 2.78 bits per heavy atom. The van der Waals surface area contributed by atoms with E-state index < -0.39 is 5.82 Å². The zero-order valence-corrected chi connectivity index (χ0v) is 10.8. The van der Waals surface area contributed by atoms with Gasteiger partial charge in [-0.25, -0.2) is 4.39 Å². The molecular weight excluding hydrogens is 297 g/mol. The predicted octanol–water partition coefficient (Wildman–Crippen LogP) is 3.79. The number of hydrogen-bond donors (Lipinski definition) is 2. The Balaban J connectivity index is 2.34. The quantitative estimate of drug-likeness (QED) is 0.830. The van der Waals surface area contributed by atoms with E-state index in [1.165, 1.54) is 6.07 Å². The van der Waals surface area contributed by atoms with Crippen LogP contribution in [-0.2, 0) is 0 Å². The van der Waals surface area contributed by atoms with Gasteiger partial charge in [0.05, 0.1) is 27.5 Å². The first-order chi connectivity index (χ1) is 8.60. The van der Waals surface area contributed by atoms with Crippen LogP contribution in [0.5, 0.6) is 0 Å². The first kappa shape index (κ1) is 12.4. The number of benzene rings is 2. The summed E-state index contributed by atoms with van der Waals surface area (Å²) in [5, 5.41) is 11.8. The molecule has 0 fully saturated rings. The fraction of sp³-hybridized carbons (Fsp3) is 0. The van der Waals surface area contributed by atoms with Crippen LogP contribution in [0.25, 0.3) is 0 Å². The summed E-state index contributed by atoms with van der Waals surface area (Å²) in [5.41, 5.74) is 7.87. The molecule has 0 spiro atoms. The van der Waals surface area contributed by atoms with Crippen molar-refractivity contribution in [2.24, 2.45) is 0 Å². The fourth-order valence-electron chi connectivity index (χ4n) is 1.49. The molecule has 0 unspecified atom stereocenters. The smallest absolute Gasteiger partial charge is 0.139 e. The third-order valence-corrected chi connectivity index (χ3v) is 2.97. The molecule has 0 aliphatic rings. The minimum Gasteiger partial charge on any atom is -0.397 e. The number of nitrogens with zero attached hydrogens (tertiary/aromatic N) is 1. The predicted molar refractivity (Wildman–Crippen MR) is 73.0 cm³/mol. The molecule has 90 valence electrons. The second-order valence-corrected chi connectivity index (χ2v) is 4.53. The average Bonchev–Trinajstić information content (AvgIpc) is 2.36. The summed E-state index contributed by atoms with van der Waals surface area (Å²) in [6.45, 7) is 0. The third-order valence-electron chi connectivity index (χ3n) is 2.36. The summed E-state index contributed by atoms with van der Waals surface area (Å²) in [6.07, 6.45) is 0. The molecule has 0 heterocycles. The highest BCUT2D eigenvalue weighted by Crippen LogP contribution is 2.29. The van der Waals surface area contributed by atoms with Gasteiger partial charge < -0.3 is 11.1 Å². The highest BCUT2D eigenvalue weighted by Gasteiger charge is 2.06. The summed E-state index contributed by atoms with van der Waals surface area (Å²) < 4.78 is 13.5. The van der Waals surface area contributed by atoms with E-state index >= 15 is 0 Å². The van der Waals surface area contributed by atoms with Gasteiger partial charge in [0, 0.05) is 11.8 Å². The van der Waals surface area contributed by atoms with Crippen LogP contribution in [0.4, 0.5) is 21.5 Å². The van der Waals surface area contributed by atoms with Crippen molar-refractivity contribution in [2.75, 3.05) is 11.1 Å². The first-order valence-corrected chi connectivity index (χ1v) is 5.91. The van der Waals surface area contributed by atoms with Crippen LogP contribution in [0, 0.1) is 17.1 Å². The number of nitrogens with one attached hydrogen (secondary N) is 1. The molecule has 18 heavy (non-hydrogen) atoms. The first-order valence-electron chi connectivity index (χ1n) is 5.12. The molecular formula is C13H9BrFN3. The summed E-state index contributed by atoms with van der Waals surface area (Å²) in [5.74, 6) is -0.413. The van der Waals surface area contributed by atoms with E-state index in [0.717, 1.165) is 5.69 Å². The highest BCUT2D eigenvalue weighted by molar-refractivity contribution is 9.10. The largest absolute Gasteiger partial charge is 0.397 e. The van der Waals surface area contributed by atoms with E-state index in [1.807, 2.05) is 6.07 Å².